The predicted molar refractivity (Wildman–Crippen MR) is 79.3 cm³/mol. The Kier molecular flexibility index (Phi) is 5.35. The molecule has 0 saturated carbocycles. The van der Waals surface area contributed by atoms with Crippen LogP contribution in [-0.4, -0.2) is 22.0 Å². The molecule has 1 amide bonds. The van der Waals surface area contributed by atoms with Gasteiger partial charge in [-0.2, -0.15) is 0 Å². The van der Waals surface area contributed by atoms with E-state index in [1.54, 1.807) is 12.5 Å². The third-order valence-corrected chi connectivity index (χ3v) is 3.38. The summed E-state index contributed by atoms with van der Waals surface area (Å²) in [6, 6.07) is 9.95. The number of imidazole rings is 1. The number of carbonyl (C=O) groups excluding carboxylic acids is 1. The molecule has 0 spiro atoms. The number of nitrogens with one attached hydrogen (secondary N) is 1. The van der Waals surface area contributed by atoms with E-state index in [1.807, 2.05) is 48.0 Å². The highest BCUT2D eigenvalue weighted by molar-refractivity contribution is 5.83. The highest BCUT2D eigenvalue weighted by Gasteiger charge is 2.17. The highest BCUT2D eigenvalue weighted by atomic mass is 16.1. The molecule has 0 aliphatic heterocycles. The van der Waals surface area contributed by atoms with E-state index >= 15 is 0 Å². The molecule has 1 N–H and O–H groups in total. The summed E-state index contributed by atoms with van der Waals surface area (Å²) in [5.41, 5.74) is 1.09. The van der Waals surface area contributed by atoms with Crippen molar-refractivity contribution in [3.63, 3.8) is 0 Å². The average molecular weight is 271 g/mol. The number of hydrogen-bond donors (Lipinski definition) is 1. The summed E-state index contributed by atoms with van der Waals surface area (Å²) in [6.07, 6.45) is 7.22. The number of aromatic nitrogens is 2. The molecule has 0 aliphatic rings. The molecule has 0 bridgehead atoms. The molecule has 0 fully saturated rings. The number of nitrogens with zero attached hydrogens (tertiary/aromatic N) is 2. The SMILES string of the molecule is CCC(C(=O)NCCCn1ccnc1)c1ccccc1. The highest BCUT2D eigenvalue weighted by Crippen LogP contribution is 2.18. The lowest BCUT2D eigenvalue weighted by atomic mass is 9.96. The molecule has 4 heteroatoms. The summed E-state index contributed by atoms with van der Waals surface area (Å²) in [5.74, 6) is 0.0637. The fraction of sp³-hybridized carbons (Fsp3) is 0.375. The number of rotatable bonds is 7. The molecule has 20 heavy (non-hydrogen) atoms. The van der Waals surface area contributed by atoms with Gasteiger partial charge < -0.3 is 9.88 Å². The predicted octanol–water partition coefficient (Wildman–Crippen LogP) is 2.58. The van der Waals surface area contributed by atoms with Crippen LogP contribution in [0.1, 0.15) is 31.2 Å². The van der Waals surface area contributed by atoms with E-state index in [0.29, 0.717) is 6.54 Å². The van der Waals surface area contributed by atoms with E-state index in [-0.39, 0.29) is 11.8 Å². The van der Waals surface area contributed by atoms with Gasteiger partial charge in [-0.05, 0) is 18.4 Å². The second-order valence-electron chi connectivity index (χ2n) is 4.82. The minimum absolute atomic E-state index is 0.0514. The van der Waals surface area contributed by atoms with Crippen molar-refractivity contribution in [2.75, 3.05) is 6.54 Å². The van der Waals surface area contributed by atoms with Crippen LogP contribution >= 0.6 is 0 Å². The lowest BCUT2D eigenvalue weighted by Crippen LogP contribution is -2.30. The molecule has 0 aliphatic carbocycles. The molecule has 1 heterocycles. The second-order valence-corrected chi connectivity index (χ2v) is 4.82. The maximum absolute atomic E-state index is 12.2. The van der Waals surface area contributed by atoms with Crippen LogP contribution in [-0.2, 0) is 11.3 Å². The van der Waals surface area contributed by atoms with Crippen molar-refractivity contribution in [1.29, 1.82) is 0 Å². The molecular weight excluding hydrogens is 250 g/mol. The van der Waals surface area contributed by atoms with E-state index in [9.17, 15) is 4.79 Å². The van der Waals surface area contributed by atoms with Gasteiger partial charge in [-0.3, -0.25) is 4.79 Å². The van der Waals surface area contributed by atoms with E-state index in [4.69, 9.17) is 0 Å². The number of amides is 1. The van der Waals surface area contributed by atoms with Crippen molar-refractivity contribution >= 4 is 5.91 Å². The largest absolute Gasteiger partial charge is 0.356 e. The third-order valence-electron chi connectivity index (χ3n) is 3.38. The van der Waals surface area contributed by atoms with Crippen LogP contribution in [0.4, 0.5) is 0 Å². The molecule has 2 aromatic rings. The zero-order valence-electron chi connectivity index (χ0n) is 11.8. The van der Waals surface area contributed by atoms with Crippen LogP contribution < -0.4 is 5.32 Å². The Morgan fingerprint density at radius 3 is 2.80 bits per heavy atom. The average Bonchev–Trinajstić information content (AvgIpc) is 2.99. The standard InChI is InChI=1S/C16H21N3O/c1-2-15(14-7-4-3-5-8-14)16(20)18-9-6-11-19-12-10-17-13-19/h3-5,7-8,10,12-13,15H,2,6,9,11H2,1H3,(H,18,20). The molecule has 0 radical (unpaired) electrons. The van der Waals surface area contributed by atoms with Gasteiger partial charge in [0.25, 0.3) is 0 Å². The Bertz CT molecular complexity index is 508. The summed E-state index contributed by atoms with van der Waals surface area (Å²) < 4.78 is 2.01. The molecule has 1 atom stereocenters. The van der Waals surface area contributed by atoms with Crippen molar-refractivity contribution in [2.24, 2.45) is 0 Å². The number of aryl methyl sites for hydroxylation is 1. The van der Waals surface area contributed by atoms with Crippen molar-refractivity contribution in [1.82, 2.24) is 14.9 Å². The lowest BCUT2D eigenvalue weighted by molar-refractivity contribution is -0.122. The van der Waals surface area contributed by atoms with Crippen molar-refractivity contribution < 1.29 is 4.79 Å². The van der Waals surface area contributed by atoms with Gasteiger partial charge in [0.1, 0.15) is 0 Å². The molecule has 1 unspecified atom stereocenters. The van der Waals surface area contributed by atoms with Crippen LogP contribution in [0.3, 0.4) is 0 Å². The first-order valence-corrected chi connectivity index (χ1v) is 7.09. The zero-order chi connectivity index (χ0) is 14.2. The Morgan fingerprint density at radius 1 is 1.35 bits per heavy atom. The van der Waals surface area contributed by atoms with Crippen LogP contribution in [0.25, 0.3) is 0 Å². The minimum atomic E-state index is -0.0514. The lowest BCUT2D eigenvalue weighted by Gasteiger charge is -2.15. The van der Waals surface area contributed by atoms with Gasteiger partial charge in [0.15, 0.2) is 0 Å². The van der Waals surface area contributed by atoms with Gasteiger partial charge >= 0.3 is 0 Å². The summed E-state index contributed by atoms with van der Waals surface area (Å²) in [4.78, 5) is 16.2. The molecule has 4 nitrogen and oxygen atoms in total. The first kappa shape index (κ1) is 14.3. The van der Waals surface area contributed by atoms with Gasteiger partial charge in [-0.1, -0.05) is 37.3 Å². The molecular formula is C16H21N3O. The van der Waals surface area contributed by atoms with Gasteiger partial charge in [0.2, 0.25) is 5.91 Å². The van der Waals surface area contributed by atoms with Crippen LogP contribution in [0.5, 0.6) is 0 Å². The summed E-state index contributed by atoms with van der Waals surface area (Å²) in [5, 5.41) is 3.02. The number of benzene rings is 1. The van der Waals surface area contributed by atoms with Crippen LogP contribution in [0.2, 0.25) is 0 Å². The maximum Gasteiger partial charge on any atom is 0.227 e. The molecule has 1 aromatic heterocycles. The zero-order valence-corrected chi connectivity index (χ0v) is 11.8. The van der Waals surface area contributed by atoms with Gasteiger partial charge in [-0.25, -0.2) is 4.98 Å². The fourth-order valence-electron chi connectivity index (χ4n) is 2.27. The Hall–Kier alpha value is -2.10. The van der Waals surface area contributed by atoms with E-state index in [2.05, 4.69) is 10.3 Å². The van der Waals surface area contributed by atoms with E-state index in [1.165, 1.54) is 0 Å². The Morgan fingerprint density at radius 2 is 2.15 bits per heavy atom. The van der Waals surface area contributed by atoms with Crippen molar-refractivity contribution in [2.45, 2.75) is 32.2 Å². The van der Waals surface area contributed by atoms with E-state index < -0.39 is 0 Å². The molecule has 2 rings (SSSR count). The summed E-state index contributed by atoms with van der Waals surface area (Å²) >= 11 is 0. The Labute approximate surface area is 119 Å². The first-order chi connectivity index (χ1) is 9.81. The van der Waals surface area contributed by atoms with Crippen molar-refractivity contribution in [3.8, 4) is 0 Å². The van der Waals surface area contributed by atoms with Gasteiger partial charge in [-0.15, -0.1) is 0 Å². The van der Waals surface area contributed by atoms with Crippen LogP contribution in [0.15, 0.2) is 49.1 Å². The normalized spacial score (nSPS) is 12.1. The topological polar surface area (TPSA) is 46.9 Å². The fourth-order valence-corrected chi connectivity index (χ4v) is 2.27. The monoisotopic (exact) mass is 271 g/mol. The molecule has 0 saturated heterocycles. The second kappa shape index (κ2) is 7.48. The smallest absolute Gasteiger partial charge is 0.227 e. The van der Waals surface area contributed by atoms with Crippen LogP contribution in [0, 0.1) is 0 Å². The summed E-state index contributed by atoms with van der Waals surface area (Å²) in [6.45, 7) is 3.62. The molecule has 106 valence electrons. The number of carbonyl (C=O) groups is 1. The quantitative estimate of drug-likeness (QED) is 0.787. The van der Waals surface area contributed by atoms with E-state index in [0.717, 1.165) is 24.9 Å². The maximum atomic E-state index is 12.2. The third kappa shape index (κ3) is 3.95. The molecule has 1 aromatic carbocycles. The minimum Gasteiger partial charge on any atom is -0.356 e. The first-order valence-electron chi connectivity index (χ1n) is 7.09. The van der Waals surface area contributed by atoms with Gasteiger partial charge in [0.05, 0.1) is 12.2 Å². The Balaban J connectivity index is 1.78. The van der Waals surface area contributed by atoms with Crippen molar-refractivity contribution in [3.05, 3.63) is 54.6 Å². The van der Waals surface area contributed by atoms with Gasteiger partial charge in [0, 0.05) is 25.5 Å². The summed E-state index contributed by atoms with van der Waals surface area (Å²) in [7, 11) is 0. The number of hydrogen-bond acceptors (Lipinski definition) is 2.